The van der Waals surface area contributed by atoms with E-state index in [9.17, 15) is 18.8 Å². The van der Waals surface area contributed by atoms with Gasteiger partial charge in [0, 0.05) is 23.6 Å². The van der Waals surface area contributed by atoms with Gasteiger partial charge >= 0.3 is 0 Å². The van der Waals surface area contributed by atoms with E-state index in [0.717, 1.165) is 11.1 Å². The maximum Gasteiger partial charge on any atom is 0.296 e. The average Bonchev–Trinajstić information content (AvgIpc) is 3.22. The summed E-state index contributed by atoms with van der Waals surface area (Å²) in [7, 11) is 1.86. The first-order valence-electron chi connectivity index (χ1n) is 11.6. The SMILES string of the molecule is Cn1c(-c2ccccc2)c(C(=O)C(=O)Nc2ccccc2C(=O)Nc2ccc(F)cc2)c2ccccc21. The van der Waals surface area contributed by atoms with Crippen LogP contribution in [-0.2, 0) is 11.8 Å². The van der Waals surface area contributed by atoms with Crippen LogP contribution in [0.1, 0.15) is 20.7 Å². The van der Waals surface area contributed by atoms with Crippen LogP contribution in [-0.4, -0.2) is 22.2 Å². The Balaban J connectivity index is 1.48. The van der Waals surface area contributed by atoms with Crippen molar-refractivity contribution in [2.45, 2.75) is 0 Å². The molecule has 0 radical (unpaired) electrons. The molecule has 0 atom stereocenters. The number of hydrogen-bond acceptors (Lipinski definition) is 3. The van der Waals surface area contributed by atoms with Gasteiger partial charge in [-0.1, -0.05) is 60.7 Å². The lowest BCUT2D eigenvalue weighted by molar-refractivity contribution is -0.112. The highest BCUT2D eigenvalue weighted by atomic mass is 19.1. The summed E-state index contributed by atoms with van der Waals surface area (Å²) in [5.74, 6) is -2.52. The van der Waals surface area contributed by atoms with Gasteiger partial charge in [-0.25, -0.2) is 4.39 Å². The van der Waals surface area contributed by atoms with Crippen molar-refractivity contribution in [2.24, 2.45) is 7.05 Å². The van der Waals surface area contributed by atoms with Crippen LogP contribution in [0.25, 0.3) is 22.2 Å². The van der Waals surface area contributed by atoms with Gasteiger partial charge in [0.2, 0.25) is 0 Å². The number of amides is 2. The highest BCUT2D eigenvalue weighted by molar-refractivity contribution is 6.49. The third kappa shape index (κ3) is 4.62. The van der Waals surface area contributed by atoms with Crippen LogP contribution in [0.5, 0.6) is 0 Å². The number of carbonyl (C=O) groups excluding carboxylic acids is 3. The number of nitrogens with zero attached hydrogens (tertiary/aromatic N) is 1. The first-order chi connectivity index (χ1) is 17.9. The third-order valence-corrected chi connectivity index (χ3v) is 6.11. The van der Waals surface area contributed by atoms with E-state index in [1.807, 2.05) is 66.2 Å². The molecule has 1 heterocycles. The minimum Gasteiger partial charge on any atom is -0.343 e. The van der Waals surface area contributed by atoms with Crippen molar-refractivity contribution in [1.82, 2.24) is 4.57 Å². The summed E-state index contributed by atoms with van der Waals surface area (Å²) in [6, 6.07) is 28.5. The summed E-state index contributed by atoms with van der Waals surface area (Å²) in [6.07, 6.45) is 0. The van der Waals surface area contributed by atoms with Crippen molar-refractivity contribution in [3.63, 3.8) is 0 Å². The van der Waals surface area contributed by atoms with E-state index >= 15 is 0 Å². The highest BCUT2D eigenvalue weighted by Crippen LogP contribution is 2.33. The van der Waals surface area contributed by atoms with Gasteiger partial charge in [0.25, 0.3) is 17.6 Å². The average molecular weight is 492 g/mol. The van der Waals surface area contributed by atoms with Crippen molar-refractivity contribution < 1.29 is 18.8 Å². The molecule has 2 amide bonds. The fourth-order valence-electron chi connectivity index (χ4n) is 4.37. The predicted octanol–water partition coefficient (Wildman–Crippen LogP) is 6.06. The molecule has 5 rings (SSSR count). The number of fused-ring (bicyclic) bond motifs is 1. The van der Waals surface area contributed by atoms with Crippen LogP contribution in [0.15, 0.2) is 103 Å². The molecule has 2 N–H and O–H groups in total. The number of nitrogens with one attached hydrogen (secondary N) is 2. The Hall–Kier alpha value is -5.04. The summed E-state index contributed by atoms with van der Waals surface area (Å²) >= 11 is 0. The number of halogens is 1. The molecular weight excluding hydrogens is 469 g/mol. The monoisotopic (exact) mass is 491 g/mol. The van der Waals surface area contributed by atoms with Gasteiger partial charge in [-0.3, -0.25) is 14.4 Å². The predicted molar refractivity (Wildman–Crippen MR) is 142 cm³/mol. The van der Waals surface area contributed by atoms with Crippen LogP contribution in [0.3, 0.4) is 0 Å². The van der Waals surface area contributed by atoms with Gasteiger partial charge in [0.1, 0.15) is 5.82 Å². The van der Waals surface area contributed by atoms with E-state index in [1.54, 1.807) is 18.2 Å². The lowest BCUT2D eigenvalue weighted by atomic mass is 10.0. The summed E-state index contributed by atoms with van der Waals surface area (Å²) in [6.45, 7) is 0. The zero-order chi connectivity index (χ0) is 25.9. The highest BCUT2D eigenvalue weighted by Gasteiger charge is 2.27. The van der Waals surface area contributed by atoms with Crippen LogP contribution >= 0.6 is 0 Å². The number of ketones is 1. The van der Waals surface area contributed by atoms with Gasteiger partial charge in [0.05, 0.1) is 22.5 Å². The molecule has 0 fully saturated rings. The summed E-state index contributed by atoms with van der Waals surface area (Å²) in [5, 5.41) is 5.95. The Bertz CT molecular complexity index is 1640. The number of carbonyl (C=O) groups is 3. The van der Waals surface area contributed by atoms with Crippen LogP contribution < -0.4 is 10.6 Å². The van der Waals surface area contributed by atoms with E-state index in [0.29, 0.717) is 16.8 Å². The standard InChI is InChI=1S/C30H22FN3O3/c1-34-25-14-8-6-12-23(25)26(27(34)19-9-3-2-4-10-19)28(35)30(37)33-24-13-7-5-11-22(24)29(36)32-21-17-15-20(31)16-18-21/h2-18H,1H3,(H,32,36)(H,33,37). The second-order valence-corrected chi connectivity index (χ2v) is 8.46. The molecule has 182 valence electrons. The zero-order valence-corrected chi connectivity index (χ0v) is 19.9. The van der Waals surface area contributed by atoms with E-state index in [2.05, 4.69) is 10.6 Å². The summed E-state index contributed by atoms with van der Waals surface area (Å²) in [5.41, 5.74) is 3.27. The lowest BCUT2D eigenvalue weighted by Gasteiger charge is -2.12. The van der Waals surface area contributed by atoms with Gasteiger partial charge in [-0.2, -0.15) is 0 Å². The molecular formula is C30H22FN3O3. The fourth-order valence-corrected chi connectivity index (χ4v) is 4.37. The van der Waals surface area contributed by atoms with Crippen molar-refractivity contribution in [3.8, 4) is 11.3 Å². The normalized spacial score (nSPS) is 10.8. The number of aromatic nitrogens is 1. The molecule has 7 heteroatoms. The van der Waals surface area contributed by atoms with E-state index in [-0.39, 0.29) is 16.8 Å². The number of rotatable bonds is 6. The van der Waals surface area contributed by atoms with Crippen molar-refractivity contribution in [1.29, 1.82) is 0 Å². The Labute approximate surface area is 212 Å². The molecule has 0 aliphatic rings. The Morgan fingerprint density at radius 1 is 0.730 bits per heavy atom. The summed E-state index contributed by atoms with van der Waals surface area (Å²) < 4.78 is 15.1. The molecule has 0 aliphatic carbocycles. The molecule has 1 aromatic heterocycles. The molecule has 0 aliphatic heterocycles. The largest absolute Gasteiger partial charge is 0.343 e. The van der Waals surface area contributed by atoms with Crippen molar-refractivity contribution in [2.75, 3.05) is 10.6 Å². The minimum atomic E-state index is -0.865. The van der Waals surface area contributed by atoms with E-state index in [4.69, 9.17) is 0 Å². The molecule has 6 nitrogen and oxygen atoms in total. The maximum atomic E-state index is 13.6. The Morgan fingerprint density at radius 2 is 1.38 bits per heavy atom. The van der Waals surface area contributed by atoms with E-state index < -0.39 is 23.4 Å². The number of Topliss-reactive ketones (excluding diaryl/α,β-unsaturated/α-hetero) is 1. The molecule has 0 saturated heterocycles. The van der Waals surface area contributed by atoms with Gasteiger partial charge in [-0.15, -0.1) is 0 Å². The minimum absolute atomic E-state index is 0.161. The number of para-hydroxylation sites is 2. The number of hydrogen-bond donors (Lipinski definition) is 2. The topological polar surface area (TPSA) is 80.2 Å². The molecule has 4 aromatic carbocycles. The number of anilines is 2. The second-order valence-electron chi connectivity index (χ2n) is 8.46. The van der Waals surface area contributed by atoms with E-state index in [1.165, 1.54) is 30.3 Å². The summed E-state index contributed by atoms with van der Waals surface area (Å²) in [4.78, 5) is 39.8. The van der Waals surface area contributed by atoms with Crippen LogP contribution in [0, 0.1) is 5.82 Å². The quantitative estimate of drug-likeness (QED) is 0.224. The van der Waals surface area contributed by atoms with Gasteiger partial charge in [-0.05, 0) is 48.0 Å². The third-order valence-electron chi connectivity index (χ3n) is 6.11. The molecule has 0 bridgehead atoms. The van der Waals surface area contributed by atoms with Crippen molar-refractivity contribution in [3.05, 3.63) is 120 Å². The number of benzene rings is 4. The Kier molecular flexibility index (Phi) is 6.34. The second kappa shape index (κ2) is 9.91. The fraction of sp³-hybridized carbons (Fsp3) is 0.0333. The zero-order valence-electron chi connectivity index (χ0n) is 19.9. The van der Waals surface area contributed by atoms with Crippen LogP contribution in [0.4, 0.5) is 15.8 Å². The first-order valence-corrected chi connectivity index (χ1v) is 11.6. The molecule has 37 heavy (non-hydrogen) atoms. The lowest BCUT2D eigenvalue weighted by Crippen LogP contribution is -2.25. The van der Waals surface area contributed by atoms with Crippen molar-refractivity contribution >= 4 is 39.9 Å². The molecule has 0 saturated carbocycles. The molecule has 5 aromatic rings. The molecule has 0 spiro atoms. The maximum absolute atomic E-state index is 13.6. The van der Waals surface area contributed by atoms with Gasteiger partial charge in [0.15, 0.2) is 0 Å². The Morgan fingerprint density at radius 3 is 2.14 bits per heavy atom. The van der Waals surface area contributed by atoms with Gasteiger partial charge < -0.3 is 15.2 Å². The molecule has 0 unspecified atom stereocenters. The van der Waals surface area contributed by atoms with Crippen LogP contribution in [0.2, 0.25) is 0 Å². The number of aryl methyl sites for hydroxylation is 1. The first kappa shape index (κ1) is 23.7. The smallest absolute Gasteiger partial charge is 0.296 e.